The van der Waals surface area contributed by atoms with Crippen molar-refractivity contribution < 1.29 is 9.53 Å². The van der Waals surface area contributed by atoms with E-state index in [1.165, 1.54) is 12.8 Å². The molecule has 1 aromatic rings. The second kappa shape index (κ2) is 6.39. The Bertz CT molecular complexity index is 461. The van der Waals surface area contributed by atoms with Gasteiger partial charge in [0.05, 0.1) is 12.2 Å². The molecular weight excluding hydrogens is 308 g/mol. The molecule has 0 aliphatic heterocycles. The summed E-state index contributed by atoms with van der Waals surface area (Å²) in [6.45, 7) is 1.98. The lowest BCUT2D eigenvalue weighted by Crippen LogP contribution is -2.30. The minimum Gasteiger partial charge on any atom is -0.398 e. The summed E-state index contributed by atoms with van der Waals surface area (Å²) in [5, 5.41) is 0. The van der Waals surface area contributed by atoms with Crippen molar-refractivity contribution in [3.05, 3.63) is 28.2 Å². The Balaban J connectivity index is 1.83. The molecule has 1 amide bonds. The zero-order chi connectivity index (χ0) is 13.8. The number of benzene rings is 1. The van der Waals surface area contributed by atoms with Crippen molar-refractivity contribution >= 4 is 27.5 Å². The van der Waals surface area contributed by atoms with Crippen LogP contribution in [0.1, 0.15) is 23.2 Å². The summed E-state index contributed by atoms with van der Waals surface area (Å²) in [5.41, 5.74) is 6.88. The van der Waals surface area contributed by atoms with Gasteiger partial charge in [-0.2, -0.15) is 0 Å². The fourth-order valence-corrected chi connectivity index (χ4v) is 2.15. The first-order chi connectivity index (χ1) is 9.08. The molecule has 0 atom stereocenters. The van der Waals surface area contributed by atoms with Crippen LogP contribution in [-0.4, -0.2) is 37.6 Å². The van der Waals surface area contributed by atoms with Gasteiger partial charge in [-0.15, -0.1) is 0 Å². The van der Waals surface area contributed by atoms with Gasteiger partial charge in [-0.05, 0) is 37.0 Å². The highest BCUT2D eigenvalue weighted by molar-refractivity contribution is 9.10. The van der Waals surface area contributed by atoms with Crippen molar-refractivity contribution in [3.8, 4) is 0 Å². The third-order valence-corrected chi connectivity index (χ3v) is 3.71. The number of hydrogen-bond acceptors (Lipinski definition) is 3. The molecule has 0 bridgehead atoms. The molecule has 0 heterocycles. The number of likely N-dealkylation sites (N-methyl/N-ethyl adjacent to an activating group) is 1. The molecule has 0 spiro atoms. The van der Waals surface area contributed by atoms with Crippen molar-refractivity contribution in [1.29, 1.82) is 0 Å². The van der Waals surface area contributed by atoms with Gasteiger partial charge >= 0.3 is 0 Å². The van der Waals surface area contributed by atoms with E-state index in [1.807, 2.05) is 6.07 Å². The average Bonchev–Trinajstić information content (AvgIpc) is 3.17. The predicted octanol–water partition coefficient (Wildman–Crippen LogP) is 2.53. The highest BCUT2D eigenvalue weighted by atomic mass is 79.9. The fraction of sp³-hybridized carbons (Fsp3) is 0.500. The predicted molar refractivity (Wildman–Crippen MR) is 79.1 cm³/mol. The molecule has 5 heteroatoms. The molecule has 1 fully saturated rings. The molecule has 2 rings (SSSR count). The van der Waals surface area contributed by atoms with Gasteiger partial charge in [0.25, 0.3) is 5.91 Å². The van der Waals surface area contributed by atoms with Crippen LogP contribution >= 0.6 is 15.9 Å². The monoisotopic (exact) mass is 326 g/mol. The maximum Gasteiger partial charge on any atom is 0.255 e. The quantitative estimate of drug-likeness (QED) is 0.645. The number of ether oxygens (including phenoxy) is 1. The van der Waals surface area contributed by atoms with E-state index in [-0.39, 0.29) is 5.91 Å². The van der Waals surface area contributed by atoms with Crippen LogP contribution in [0, 0.1) is 5.92 Å². The topological polar surface area (TPSA) is 55.6 Å². The van der Waals surface area contributed by atoms with Gasteiger partial charge in [-0.25, -0.2) is 0 Å². The van der Waals surface area contributed by atoms with Crippen LogP contribution in [0.25, 0.3) is 0 Å². The highest BCUT2D eigenvalue weighted by Crippen LogP contribution is 2.28. The summed E-state index contributed by atoms with van der Waals surface area (Å²) in [6.07, 6.45) is 2.56. The molecule has 0 aromatic heterocycles. The first-order valence-electron chi connectivity index (χ1n) is 6.46. The second-order valence-corrected chi connectivity index (χ2v) is 5.89. The molecule has 0 unspecified atom stereocenters. The number of amides is 1. The van der Waals surface area contributed by atoms with E-state index in [4.69, 9.17) is 10.5 Å². The van der Waals surface area contributed by atoms with Crippen LogP contribution in [0.4, 0.5) is 5.69 Å². The van der Waals surface area contributed by atoms with Gasteiger partial charge in [0.2, 0.25) is 0 Å². The minimum absolute atomic E-state index is 0.0694. The summed E-state index contributed by atoms with van der Waals surface area (Å²) in [6, 6.07) is 5.30. The van der Waals surface area contributed by atoms with E-state index in [0.29, 0.717) is 24.4 Å². The molecule has 1 aliphatic rings. The average molecular weight is 327 g/mol. The zero-order valence-corrected chi connectivity index (χ0v) is 12.6. The molecule has 1 aromatic carbocycles. The third kappa shape index (κ3) is 4.21. The van der Waals surface area contributed by atoms with Crippen LogP contribution in [0.5, 0.6) is 0 Å². The van der Waals surface area contributed by atoms with Crippen LogP contribution in [0.3, 0.4) is 0 Å². The number of nitrogens with zero attached hydrogens (tertiary/aromatic N) is 1. The number of hydrogen-bond donors (Lipinski definition) is 1. The Morgan fingerprint density at radius 1 is 1.53 bits per heavy atom. The Labute approximate surface area is 122 Å². The van der Waals surface area contributed by atoms with Crippen LogP contribution < -0.4 is 5.73 Å². The van der Waals surface area contributed by atoms with Crippen molar-refractivity contribution in [3.63, 3.8) is 0 Å². The van der Waals surface area contributed by atoms with E-state index in [1.54, 1.807) is 24.1 Å². The van der Waals surface area contributed by atoms with Crippen LogP contribution in [-0.2, 0) is 4.74 Å². The standard InChI is InChI=1S/C14H19BrN2O2/c1-17(6-7-19-9-10-2-3-10)14(18)12-5-4-11(15)8-13(12)16/h4-5,8,10H,2-3,6-7,9,16H2,1H3. The molecule has 2 N–H and O–H groups in total. The van der Waals surface area contributed by atoms with E-state index >= 15 is 0 Å². The molecule has 19 heavy (non-hydrogen) atoms. The number of rotatable bonds is 6. The molecule has 0 radical (unpaired) electrons. The number of nitrogen functional groups attached to an aromatic ring is 1. The fourth-order valence-electron chi connectivity index (χ4n) is 1.77. The van der Waals surface area contributed by atoms with Gasteiger partial charge in [0.1, 0.15) is 0 Å². The number of carbonyl (C=O) groups excluding carboxylic acids is 1. The summed E-state index contributed by atoms with van der Waals surface area (Å²) < 4.78 is 6.40. The highest BCUT2D eigenvalue weighted by Gasteiger charge is 2.21. The van der Waals surface area contributed by atoms with Crippen molar-refractivity contribution in [1.82, 2.24) is 4.90 Å². The SMILES string of the molecule is CN(CCOCC1CC1)C(=O)c1ccc(Br)cc1N. The number of halogens is 1. The lowest BCUT2D eigenvalue weighted by atomic mass is 10.1. The lowest BCUT2D eigenvalue weighted by molar-refractivity contribution is 0.0682. The molecule has 0 saturated heterocycles. The van der Waals surface area contributed by atoms with Gasteiger partial charge in [-0.1, -0.05) is 15.9 Å². The van der Waals surface area contributed by atoms with Gasteiger partial charge in [0.15, 0.2) is 0 Å². The smallest absolute Gasteiger partial charge is 0.255 e. The maximum absolute atomic E-state index is 12.2. The Hall–Kier alpha value is -1.07. The molecule has 1 aliphatic carbocycles. The molecule has 1 saturated carbocycles. The van der Waals surface area contributed by atoms with Crippen LogP contribution in [0.2, 0.25) is 0 Å². The summed E-state index contributed by atoms with van der Waals surface area (Å²) >= 11 is 3.33. The molecule has 104 valence electrons. The Kier molecular flexibility index (Phi) is 4.82. The lowest BCUT2D eigenvalue weighted by Gasteiger charge is -2.18. The maximum atomic E-state index is 12.2. The summed E-state index contributed by atoms with van der Waals surface area (Å²) in [5.74, 6) is 0.683. The first-order valence-corrected chi connectivity index (χ1v) is 7.25. The van der Waals surface area contributed by atoms with E-state index < -0.39 is 0 Å². The molecule has 4 nitrogen and oxygen atoms in total. The molecular formula is C14H19BrN2O2. The van der Waals surface area contributed by atoms with Gasteiger partial charge < -0.3 is 15.4 Å². The van der Waals surface area contributed by atoms with Gasteiger partial charge in [-0.3, -0.25) is 4.79 Å². The van der Waals surface area contributed by atoms with Crippen molar-refractivity contribution in [2.75, 3.05) is 32.5 Å². The van der Waals surface area contributed by atoms with Crippen molar-refractivity contribution in [2.45, 2.75) is 12.8 Å². The van der Waals surface area contributed by atoms with E-state index in [9.17, 15) is 4.79 Å². The van der Waals surface area contributed by atoms with Crippen molar-refractivity contribution in [2.24, 2.45) is 5.92 Å². The Morgan fingerprint density at radius 3 is 2.89 bits per heavy atom. The first kappa shape index (κ1) is 14.3. The van der Waals surface area contributed by atoms with E-state index in [0.717, 1.165) is 17.0 Å². The summed E-state index contributed by atoms with van der Waals surface area (Å²) in [4.78, 5) is 13.8. The minimum atomic E-state index is -0.0694. The van der Waals surface area contributed by atoms with Crippen LogP contribution in [0.15, 0.2) is 22.7 Å². The number of anilines is 1. The number of carbonyl (C=O) groups is 1. The Morgan fingerprint density at radius 2 is 2.26 bits per heavy atom. The zero-order valence-electron chi connectivity index (χ0n) is 11.1. The second-order valence-electron chi connectivity index (χ2n) is 4.98. The summed E-state index contributed by atoms with van der Waals surface area (Å²) in [7, 11) is 1.77. The van der Waals surface area contributed by atoms with Gasteiger partial charge in [0, 0.05) is 30.4 Å². The van der Waals surface area contributed by atoms with E-state index in [2.05, 4.69) is 15.9 Å². The number of nitrogens with two attached hydrogens (primary N) is 1. The third-order valence-electron chi connectivity index (χ3n) is 3.21. The largest absolute Gasteiger partial charge is 0.398 e. The normalized spacial score (nSPS) is 14.4.